The summed E-state index contributed by atoms with van der Waals surface area (Å²) in [5.74, 6) is -1.04. The number of benzene rings is 5. The Kier molecular flexibility index (Phi) is 8.17. The van der Waals surface area contributed by atoms with Crippen molar-refractivity contribution in [3.63, 3.8) is 0 Å². The lowest BCUT2D eigenvalue weighted by atomic mass is 9.82. The third-order valence-electron chi connectivity index (χ3n) is 10.6. The van der Waals surface area contributed by atoms with Crippen LogP contribution in [0.2, 0.25) is 0 Å². The first-order chi connectivity index (χ1) is 24.4. The number of amides is 4. The number of fused-ring (bicyclic) bond motifs is 2. The predicted molar refractivity (Wildman–Crippen MR) is 196 cm³/mol. The van der Waals surface area contributed by atoms with Gasteiger partial charge < -0.3 is 4.42 Å². The van der Waals surface area contributed by atoms with Crippen LogP contribution in [0, 0.1) is 0 Å². The summed E-state index contributed by atoms with van der Waals surface area (Å²) in [5.41, 5.74) is 1.88. The topological polar surface area (TPSA) is 100 Å². The second kappa shape index (κ2) is 12.8. The van der Waals surface area contributed by atoms with Gasteiger partial charge in [0.15, 0.2) is 0 Å². The number of carbonyl (C=O) groups excluding carboxylic acids is 4. The summed E-state index contributed by atoms with van der Waals surface area (Å²) >= 11 is 0. The lowest BCUT2D eigenvalue weighted by Crippen LogP contribution is -2.47. The molecule has 3 heterocycles. The van der Waals surface area contributed by atoms with Crippen molar-refractivity contribution in [3.05, 3.63) is 94.9 Å². The molecule has 0 aliphatic carbocycles. The number of furan rings is 1. The zero-order valence-electron chi connectivity index (χ0n) is 28.5. The molecule has 6 aromatic rings. The van der Waals surface area contributed by atoms with Crippen LogP contribution in [0.5, 0.6) is 0 Å². The summed E-state index contributed by atoms with van der Waals surface area (Å²) in [6, 6.07) is 18.2. The largest absolute Gasteiger partial charge is 0.463 e. The van der Waals surface area contributed by atoms with Crippen LogP contribution in [0.15, 0.2) is 76.4 Å². The zero-order valence-corrected chi connectivity index (χ0v) is 28.5. The fraction of sp³-hybridized carbons (Fsp3) is 0.310. The lowest BCUT2D eigenvalue weighted by Gasteiger charge is -2.35. The molecule has 0 radical (unpaired) electrons. The molecule has 252 valence electrons. The number of unbranched alkanes of at least 4 members (excludes halogenated alkanes) is 6. The number of hydrogen-bond acceptors (Lipinski definition) is 6. The van der Waals surface area contributed by atoms with Gasteiger partial charge in [-0.15, -0.1) is 0 Å². The normalized spacial score (nSPS) is 14.8. The molecule has 0 unspecified atom stereocenters. The summed E-state index contributed by atoms with van der Waals surface area (Å²) in [4.78, 5) is 57.7. The first-order valence-electron chi connectivity index (χ1n) is 18.0. The van der Waals surface area contributed by atoms with Gasteiger partial charge in [-0.2, -0.15) is 10.1 Å². The second-order valence-electron chi connectivity index (χ2n) is 13.7. The zero-order chi connectivity index (χ0) is 34.5. The standard InChI is InChI=1S/C42H39N3O5/c1-3-5-7-9-12-25(13-10-8-6-4-2)44-39(46)31-19-15-27-29-17-21-33-38-34(42(49)45(41(33)48)43-24-26-14-11-23-50-26)22-18-30(36(29)38)28-16-20-32(40(44)47)37(31)35(27)28/h11,14-25H,3-10,12-13H2,1-2H3/b43-24+. The SMILES string of the molecule is CCCCCCC(CCCCCC)N1C(=O)c2ccc3c4ccc5c6c(ccc(c7ccc(c2c37)C1=O)c64)C(=O)N(/N=C/c1ccco1)C5=O. The maximum absolute atomic E-state index is 14.4. The molecule has 8 heteroatoms. The fourth-order valence-electron chi connectivity index (χ4n) is 8.21. The number of hydrogen-bond donors (Lipinski definition) is 0. The van der Waals surface area contributed by atoms with Gasteiger partial charge in [0.05, 0.1) is 23.6 Å². The van der Waals surface area contributed by atoms with E-state index in [1.807, 2.05) is 36.4 Å². The van der Waals surface area contributed by atoms with Crippen LogP contribution in [-0.4, -0.2) is 45.8 Å². The van der Waals surface area contributed by atoms with Crippen molar-refractivity contribution < 1.29 is 23.6 Å². The molecule has 0 N–H and O–H groups in total. The van der Waals surface area contributed by atoms with E-state index in [0.29, 0.717) is 38.8 Å². The third-order valence-corrected chi connectivity index (χ3v) is 10.6. The molecule has 0 fully saturated rings. The van der Waals surface area contributed by atoms with Gasteiger partial charge in [-0.3, -0.25) is 24.1 Å². The summed E-state index contributed by atoms with van der Waals surface area (Å²) < 4.78 is 5.30. The van der Waals surface area contributed by atoms with Gasteiger partial charge in [-0.1, -0.05) is 89.5 Å². The van der Waals surface area contributed by atoms with Gasteiger partial charge in [-0.05, 0) is 81.6 Å². The highest BCUT2D eigenvalue weighted by molar-refractivity contribution is 6.41. The first-order valence-corrected chi connectivity index (χ1v) is 18.0. The maximum Gasteiger partial charge on any atom is 0.282 e. The summed E-state index contributed by atoms with van der Waals surface area (Å²) in [6.45, 7) is 4.38. The quantitative estimate of drug-likeness (QED) is 0.0402. The Morgan fingerprint density at radius 1 is 0.580 bits per heavy atom. The van der Waals surface area contributed by atoms with Crippen LogP contribution in [0.1, 0.15) is 125 Å². The van der Waals surface area contributed by atoms with E-state index >= 15 is 0 Å². The molecule has 2 aliphatic heterocycles. The highest BCUT2D eigenvalue weighted by Crippen LogP contribution is 2.46. The number of imide groups is 2. The van der Waals surface area contributed by atoms with Crippen molar-refractivity contribution in [2.75, 3.05) is 0 Å². The van der Waals surface area contributed by atoms with Crippen LogP contribution in [0.25, 0.3) is 43.1 Å². The molecule has 5 aromatic carbocycles. The summed E-state index contributed by atoms with van der Waals surface area (Å²) in [5, 5.41) is 11.5. The van der Waals surface area contributed by atoms with E-state index in [-0.39, 0.29) is 17.9 Å². The molecular formula is C42H39N3O5. The average Bonchev–Trinajstić information content (AvgIpc) is 3.66. The molecule has 8 nitrogen and oxygen atoms in total. The Morgan fingerprint density at radius 3 is 1.46 bits per heavy atom. The Morgan fingerprint density at radius 2 is 1.04 bits per heavy atom. The maximum atomic E-state index is 14.4. The van der Waals surface area contributed by atoms with Gasteiger partial charge in [0.2, 0.25) is 0 Å². The van der Waals surface area contributed by atoms with E-state index < -0.39 is 11.8 Å². The number of carbonyl (C=O) groups is 4. The summed E-state index contributed by atoms with van der Waals surface area (Å²) in [7, 11) is 0. The number of hydrazone groups is 1. The highest BCUT2D eigenvalue weighted by atomic mass is 16.3. The molecule has 50 heavy (non-hydrogen) atoms. The van der Waals surface area contributed by atoms with Crippen molar-refractivity contribution in [3.8, 4) is 0 Å². The van der Waals surface area contributed by atoms with E-state index in [0.717, 1.165) is 102 Å². The fourth-order valence-corrected chi connectivity index (χ4v) is 8.21. The minimum absolute atomic E-state index is 0.130. The summed E-state index contributed by atoms with van der Waals surface area (Å²) in [6.07, 6.45) is 13.2. The van der Waals surface area contributed by atoms with Crippen molar-refractivity contribution in [2.24, 2.45) is 5.10 Å². The van der Waals surface area contributed by atoms with Crippen molar-refractivity contribution in [2.45, 2.75) is 84.1 Å². The van der Waals surface area contributed by atoms with Crippen LogP contribution in [0.3, 0.4) is 0 Å². The number of nitrogens with zero attached hydrogens (tertiary/aromatic N) is 3. The molecule has 0 spiro atoms. The predicted octanol–water partition coefficient (Wildman–Crippen LogP) is 9.87. The van der Waals surface area contributed by atoms with Crippen LogP contribution in [0.4, 0.5) is 0 Å². The molecule has 0 saturated heterocycles. The minimum Gasteiger partial charge on any atom is -0.463 e. The van der Waals surface area contributed by atoms with E-state index in [1.54, 1.807) is 29.2 Å². The molecule has 0 bridgehead atoms. The van der Waals surface area contributed by atoms with Gasteiger partial charge in [-0.25, -0.2) is 0 Å². The molecule has 2 aliphatic rings. The van der Waals surface area contributed by atoms with Crippen LogP contribution in [-0.2, 0) is 0 Å². The van der Waals surface area contributed by atoms with E-state index in [4.69, 9.17) is 4.42 Å². The van der Waals surface area contributed by atoms with Gasteiger partial charge in [0, 0.05) is 27.9 Å². The molecule has 0 saturated carbocycles. The average molecular weight is 666 g/mol. The van der Waals surface area contributed by atoms with Crippen molar-refractivity contribution >= 4 is 72.9 Å². The van der Waals surface area contributed by atoms with E-state index in [2.05, 4.69) is 18.9 Å². The van der Waals surface area contributed by atoms with E-state index in [1.165, 1.54) is 12.5 Å². The lowest BCUT2D eigenvalue weighted by molar-refractivity contribution is 0.0515. The van der Waals surface area contributed by atoms with Crippen LogP contribution < -0.4 is 0 Å². The Bertz CT molecular complexity index is 2220. The smallest absolute Gasteiger partial charge is 0.282 e. The Hall–Kier alpha value is -5.37. The Labute approximate surface area is 290 Å². The van der Waals surface area contributed by atoms with Crippen molar-refractivity contribution in [1.29, 1.82) is 0 Å². The van der Waals surface area contributed by atoms with E-state index in [9.17, 15) is 19.2 Å². The molecule has 0 atom stereocenters. The van der Waals surface area contributed by atoms with Crippen molar-refractivity contribution in [1.82, 2.24) is 9.91 Å². The monoisotopic (exact) mass is 665 g/mol. The van der Waals surface area contributed by atoms with Gasteiger partial charge in [0.25, 0.3) is 23.6 Å². The third kappa shape index (κ3) is 4.91. The minimum atomic E-state index is -0.514. The molecular weight excluding hydrogens is 626 g/mol. The molecule has 1 aromatic heterocycles. The molecule has 4 amide bonds. The van der Waals surface area contributed by atoms with Crippen LogP contribution >= 0.6 is 0 Å². The highest BCUT2D eigenvalue weighted by Gasteiger charge is 2.39. The van der Waals surface area contributed by atoms with Gasteiger partial charge in [0.1, 0.15) is 5.76 Å². The number of rotatable bonds is 13. The molecule has 8 rings (SSSR count). The van der Waals surface area contributed by atoms with Gasteiger partial charge >= 0.3 is 0 Å². The second-order valence-corrected chi connectivity index (χ2v) is 13.7. The Balaban J connectivity index is 1.24. The first kappa shape index (κ1) is 31.9.